The number of aromatic nitrogens is 2. The van der Waals surface area contributed by atoms with Crippen LogP contribution in [0.2, 0.25) is 10.0 Å². The fourth-order valence-electron chi connectivity index (χ4n) is 3.59. The molecule has 162 valence electrons. The number of carbonyl (C=O) groups is 1. The molecular formula is C21H27Cl2N5O2. The molecule has 1 atom stereocenters. The third-order valence-electron chi connectivity index (χ3n) is 5.57. The fourth-order valence-corrected chi connectivity index (χ4v) is 4.18. The summed E-state index contributed by atoms with van der Waals surface area (Å²) in [7, 11) is 5.47. The molecule has 0 aliphatic carbocycles. The minimum Gasteiger partial charge on any atom is -0.480 e. The summed E-state index contributed by atoms with van der Waals surface area (Å²) in [5.41, 5.74) is 1.96. The first-order valence-electron chi connectivity index (χ1n) is 9.88. The van der Waals surface area contributed by atoms with E-state index >= 15 is 0 Å². The SMILES string of the molecule is COc1cncc(-c2ccc(C(C)NC(=O)N(C)C3CCN(C)CC3)c(Cl)c2Cl)n1. The highest BCUT2D eigenvalue weighted by Gasteiger charge is 2.26. The number of rotatable bonds is 5. The number of hydrogen-bond donors (Lipinski definition) is 1. The maximum atomic E-state index is 12.8. The molecule has 1 saturated heterocycles. The van der Waals surface area contributed by atoms with Gasteiger partial charge in [0, 0.05) is 18.7 Å². The number of carbonyl (C=O) groups excluding carboxylic acids is 1. The van der Waals surface area contributed by atoms with Crippen LogP contribution in [0.4, 0.5) is 4.79 Å². The lowest BCUT2D eigenvalue weighted by molar-refractivity contribution is 0.146. The summed E-state index contributed by atoms with van der Waals surface area (Å²) in [4.78, 5) is 25.3. The molecule has 1 aromatic heterocycles. The summed E-state index contributed by atoms with van der Waals surface area (Å²) in [6.07, 6.45) is 5.06. The van der Waals surface area contributed by atoms with Crippen molar-refractivity contribution in [1.82, 2.24) is 25.1 Å². The molecule has 7 nitrogen and oxygen atoms in total. The average Bonchev–Trinajstić information content (AvgIpc) is 2.75. The van der Waals surface area contributed by atoms with Crippen LogP contribution in [-0.2, 0) is 0 Å². The monoisotopic (exact) mass is 451 g/mol. The van der Waals surface area contributed by atoms with E-state index in [-0.39, 0.29) is 18.1 Å². The Morgan fingerprint density at radius 1 is 1.27 bits per heavy atom. The minimum absolute atomic E-state index is 0.119. The van der Waals surface area contributed by atoms with Gasteiger partial charge in [-0.2, -0.15) is 0 Å². The zero-order valence-electron chi connectivity index (χ0n) is 17.7. The second kappa shape index (κ2) is 9.81. The van der Waals surface area contributed by atoms with Crippen molar-refractivity contribution in [3.63, 3.8) is 0 Å². The third kappa shape index (κ3) is 4.96. The van der Waals surface area contributed by atoms with Gasteiger partial charge in [-0.3, -0.25) is 4.98 Å². The molecule has 30 heavy (non-hydrogen) atoms. The highest BCUT2D eigenvalue weighted by Crippen LogP contribution is 2.37. The van der Waals surface area contributed by atoms with Crippen LogP contribution < -0.4 is 10.1 Å². The summed E-state index contributed by atoms with van der Waals surface area (Å²) in [5.74, 6) is 0.390. The van der Waals surface area contributed by atoms with Crippen molar-refractivity contribution in [1.29, 1.82) is 0 Å². The van der Waals surface area contributed by atoms with E-state index in [0.29, 0.717) is 27.2 Å². The second-order valence-electron chi connectivity index (χ2n) is 7.59. The second-order valence-corrected chi connectivity index (χ2v) is 8.35. The Morgan fingerprint density at radius 3 is 2.63 bits per heavy atom. The third-order valence-corrected chi connectivity index (χ3v) is 6.47. The van der Waals surface area contributed by atoms with Crippen molar-refractivity contribution in [3.8, 4) is 17.1 Å². The molecule has 1 N–H and O–H groups in total. The van der Waals surface area contributed by atoms with Gasteiger partial charge in [-0.25, -0.2) is 9.78 Å². The topological polar surface area (TPSA) is 70.6 Å². The molecule has 0 bridgehead atoms. The van der Waals surface area contributed by atoms with Gasteiger partial charge in [-0.15, -0.1) is 0 Å². The first-order chi connectivity index (χ1) is 14.3. The van der Waals surface area contributed by atoms with Crippen LogP contribution in [0.5, 0.6) is 5.88 Å². The van der Waals surface area contributed by atoms with Crippen LogP contribution in [-0.4, -0.2) is 66.1 Å². The van der Waals surface area contributed by atoms with Crippen molar-refractivity contribution in [2.45, 2.75) is 31.8 Å². The maximum absolute atomic E-state index is 12.8. The Balaban J connectivity index is 1.73. The Hall–Kier alpha value is -2.09. The van der Waals surface area contributed by atoms with Gasteiger partial charge < -0.3 is 19.9 Å². The van der Waals surface area contributed by atoms with E-state index in [0.717, 1.165) is 31.5 Å². The Kier molecular flexibility index (Phi) is 7.39. The number of nitrogens with zero attached hydrogens (tertiary/aromatic N) is 4. The van der Waals surface area contributed by atoms with E-state index in [2.05, 4.69) is 27.2 Å². The number of hydrogen-bond acceptors (Lipinski definition) is 5. The average molecular weight is 452 g/mol. The number of benzene rings is 1. The van der Waals surface area contributed by atoms with Gasteiger partial charge >= 0.3 is 6.03 Å². The normalized spacial score (nSPS) is 16.2. The van der Waals surface area contributed by atoms with Gasteiger partial charge in [0.25, 0.3) is 0 Å². The molecule has 3 rings (SSSR count). The largest absolute Gasteiger partial charge is 0.480 e. The van der Waals surface area contributed by atoms with Crippen molar-refractivity contribution in [2.24, 2.45) is 0 Å². The highest BCUT2D eigenvalue weighted by atomic mass is 35.5. The number of piperidine rings is 1. The maximum Gasteiger partial charge on any atom is 0.317 e. The summed E-state index contributed by atoms with van der Waals surface area (Å²) in [5, 5.41) is 3.78. The minimum atomic E-state index is -0.304. The number of nitrogens with one attached hydrogen (secondary N) is 1. The molecule has 2 amide bonds. The predicted molar refractivity (Wildman–Crippen MR) is 119 cm³/mol. The zero-order valence-corrected chi connectivity index (χ0v) is 19.2. The predicted octanol–water partition coefficient (Wildman–Crippen LogP) is 4.26. The number of ether oxygens (including phenoxy) is 1. The van der Waals surface area contributed by atoms with Gasteiger partial charge in [-0.1, -0.05) is 35.3 Å². The van der Waals surface area contributed by atoms with Crippen LogP contribution in [0.1, 0.15) is 31.4 Å². The Labute approximate surface area is 187 Å². The first-order valence-corrected chi connectivity index (χ1v) is 10.6. The van der Waals surface area contributed by atoms with E-state index in [1.54, 1.807) is 11.1 Å². The molecule has 1 unspecified atom stereocenters. The molecule has 0 spiro atoms. The molecule has 1 aliphatic rings. The molecule has 9 heteroatoms. The van der Waals surface area contributed by atoms with Crippen LogP contribution >= 0.6 is 23.2 Å². The Bertz CT molecular complexity index is 903. The summed E-state index contributed by atoms with van der Waals surface area (Å²) in [6.45, 7) is 3.88. The lowest BCUT2D eigenvalue weighted by Crippen LogP contribution is -2.48. The number of urea groups is 1. The van der Waals surface area contributed by atoms with Crippen molar-refractivity contribution >= 4 is 29.2 Å². The molecule has 0 saturated carbocycles. The van der Waals surface area contributed by atoms with Crippen LogP contribution in [0, 0.1) is 0 Å². The molecule has 2 heterocycles. The van der Waals surface area contributed by atoms with Gasteiger partial charge in [0.1, 0.15) is 0 Å². The highest BCUT2D eigenvalue weighted by molar-refractivity contribution is 6.44. The van der Waals surface area contributed by atoms with Gasteiger partial charge in [0.05, 0.1) is 41.3 Å². The van der Waals surface area contributed by atoms with Crippen molar-refractivity contribution < 1.29 is 9.53 Å². The van der Waals surface area contributed by atoms with Crippen molar-refractivity contribution in [2.75, 3.05) is 34.3 Å². The Morgan fingerprint density at radius 2 is 1.97 bits per heavy atom. The molecular weight excluding hydrogens is 425 g/mol. The van der Waals surface area contributed by atoms with E-state index in [9.17, 15) is 4.79 Å². The molecule has 1 aliphatic heterocycles. The van der Waals surface area contributed by atoms with E-state index < -0.39 is 0 Å². The van der Waals surface area contributed by atoms with Gasteiger partial charge in [-0.05, 0) is 45.5 Å². The number of halogens is 2. The number of amides is 2. The summed E-state index contributed by atoms with van der Waals surface area (Å²) >= 11 is 13.1. The van der Waals surface area contributed by atoms with Crippen molar-refractivity contribution in [3.05, 3.63) is 40.1 Å². The zero-order chi connectivity index (χ0) is 21.8. The number of methoxy groups -OCH3 is 1. The first kappa shape index (κ1) is 22.6. The summed E-state index contributed by atoms with van der Waals surface area (Å²) < 4.78 is 5.13. The van der Waals surface area contributed by atoms with Crippen LogP contribution in [0.3, 0.4) is 0 Å². The van der Waals surface area contributed by atoms with Gasteiger partial charge in [0.2, 0.25) is 5.88 Å². The number of likely N-dealkylation sites (tertiary alicyclic amines) is 1. The lowest BCUT2D eigenvalue weighted by atomic mass is 10.0. The van der Waals surface area contributed by atoms with Gasteiger partial charge in [0.15, 0.2) is 0 Å². The van der Waals surface area contributed by atoms with Crippen LogP contribution in [0.15, 0.2) is 24.5 Å². The standard InChI is InChI=1S/C21H27Cl2N5O2/c1-13(25-21(29)28(3)14-7-9-27(2)10-8-14)15-5-6-16(20(23)19(15)22)17-11-24-12-18(26-17)30-4/h5-6,11-14H,7-10H2,1-4H3,(H,25,29). The van der Waals surface area contributed by atoms with E-state index in [1.165, 1.54) is 13.3 Å². The van der Waals surface area contributed by atoms with E-state index in [4.69, 9.17) is 27.9 Å². The van der Waals surface area contributed by atoms with E-state index in [1.807, 2.05) is 26.1 Å². The quantitative estimate of drug-likeness (QED) is 0.735. The molecule has 2 aromatic rings. The van der Waals surface area contributed by atoms with Crippen LogP contribution in [0.25, 0.3) is 11.3 Å². The lowest BCUT2D eigenvalue weighted by Gasteiger charge is -2.35. The molecule has 1 fully saturated rings. The summed E-state index contributed by atoms with van der Waals surface area (Å²) in [6, 6.07) is 3.50. The smallest absolute Gasteiger partial charge is 0.317 e. The molecule has 0 radical (unpaired) electrons. The molecule has 1 aromatic carbocycles. The fraction of sp³-hybridized carbons (Fsp3) is 0.476.